The highest BCUT2D eigenvalue weighted by Crippen LogP contribution is 2.39. The number of sulfone groups is 1. The molecule has 5 heteroatoms. The highest BCUT2D eigenvalue weighted by atomic mass is 32.2. The van der Waals surface area contributed by atoms with E-state index < -0.39 is 9.84 Å². The molecule has 1 unspecified atom stereocenters. The first kappa shape index (κ1) is 17.2. The smallest absolute Gasteiger partial charge is 0.153 e. The maximum atomic E-state index is 11.7. The van der Waals surface area contributed by atoms with Gasteiger partial charge in [0, 0.05) is 25.7 Å². The van der Waals surface area contributed by atoms with Gasteiger partial charge in [-0.15, -0.1) is 0 Å². The topological polar surface area (TPSA) is 49.4 Å². The van der Waals surface area contributed by atoms with E-state index in [4.69, 9.17) is 0 Å². The van der Waals surface area contributed by atoms with Gasteiger partial charge in [0.05, 0.1) is 11.5 Å². The van der Waals surface area contributed by atoms with Crippen molar-refractivity contribution in [3.63, 3.8) is 0 Å². The Labute approximate surface area is 130 Å². The van der Waals surface area contributed by atoms with Crippen LogP contribution in [0.3, 0.4) is 0 Å². The number of rotatable bonds is 6. The van der Waals surface area contributed by atoms with Crippen LogP contribution in [0, 0.1) is 11.3 Å². The molecule has 21 heavy (non-hydrogen) atoms. The highest BCUT2D eigenvalue weighted by molar-refractivity contribution is 7.91. The summed E-state index contributed by atoms with van der Waals surface area (Å²) in [5.74, 6) is 1.36. The lowest BCUT2D eigenvalue weighted by Gasteiger charge is -2.41. The second kappa shape index (κ2) is 6.97. The van der Waals surface area contributed by atoms with E-state index >= 15 is 0 Å². The summed E-state index contributed by atoms with van der Waals surface area (Å²) in [4.78, 5) is 2.42. The van der Waals surface area contributed by atoms with Crippen LogP contribution in [0.2, 0.25) is 0 Å². The fourth-order valence-corrected chi connectivity index (χ4v) is 5.47. The van der Waals surface area contributed by atoms with Crippen LogP contribution in [0.1, 0.15) is 46.5 Å². The third-order valence-corrected chi connectivity index (χ3v) is 6.86. The molecular formula is C16H32N2O2S. The van der Waals surface area contributed by atoms with Gasteiger partial charge in [0.2, 0.25) is 0 Å². The summed E-state index contributed by atoms with van der Waals surface area (Å²) in [7, 11) is -2.80. The summed E-state index contributed by atoms with van der Waals surface area (Å²) in [5, 5.41) is 3.64. The maximum Gasteiger partial charge on any atom is 0.153 e. The van der Waals surface area contributed by atoms with Crippen LogP contribution in [0.5, 0.6) is 0 Å². The molecule has 1 atom stereocenters. The van der Waals surface area contributed by atoms with Crippen molar-refractivity contribution < 1.29 is 8.42 Å². The lowest BCUT2D eigenvalue weighted by atomic mass is 9.84. The van der Waals surface area contributed by atoms with Gasteiger partial charge in [-0.25, -0.2) is 8.42 Å². The van der Waals surface area contributed by atoms with E-state index in [9.17, 15) is 8.42 Å². The van der Waals surface area contributed by atoms with Gasteiger partial charge in [-0.3, -0.25) is 4.90 Å². The van der Waals surface area contributed by atoms with Gasteiger partial charge in [0.15, 0.2) is 9.84 Å². The monoisotopic (exact) mass is 316 g/mol. The number of hydrogen-bond acceptors (Lipinski definition) is 4. The predicted octanol–water partition coefficient (Wildman–Crippen LogP) is 1.91. The van der Waals surface area contributed by atoms with Gasteiger partial charge in [0.25, 0.3) is 0 Å². The molecule has 0 spiro atoms. The Morgan fingerprint density at radius 2 is 1.95 bits per heavy atom. The van der Waals surface area contributed by atoms with Crippen molar-refractivity contribution in [3.8, 4) is 0 Å². The molecule has 1 N–H and O–H groups in total. The van der Waals surface area contributed by atoms with E-state index in [-0.39, 0.29) is 6.04 Å². The SMILES string of the molecule is CC(C)CNCC1(CN2CCS(=O)(=O)CC2C)CCCC1. The van der Waals surface area contributed by atoms with Crippen molar-refractivity contribution in [2.45, 2.75) is 52.5 Å². The fraction of sp³-hybridized carbons (Fsp3) is 1.00. The molecule has 0 amide bonds. The molecule has 0 aromatic heterocycles. The highest BCUT2D eigenvalue weighted by Gasteiger charge is 2.38. The standard InChI is InChI=1S/C16H32N2O2S/c1-14(2)10-17-12-16(6-4-5-7-16)13-18-8-9-21(19,20)11-15(18)3/h14-15,17H,4-13H2,1-3H3. The van der Waals surface area contributed by atoms with Gasteiger partial charge >= 0.3 is 0 Å². The van der Waals surface area contributed by atoms with Crippen LogP contribution in [0.15, 0.2) is 0 Å². The average Bonchev–Trinajstić information content (AvgIpc) is 2.81. The molecule has 2 fully saturated rings. The fourth-order valence-electron chi connectivity index (χ4n) is 3.84. The van der Waals surface area contributed by atoms with E-state index in [2.05, 4.69) is 31.0 Å². The molecule has 4 nitrogen and oxygen atoms in total. The zero-order valence-electron chi connectivity index (χ0n) is 13.9. The van der Waals surface area contributed by atoms with E-state index in [1.54, 1.807) is 0 Å². The summed E-state index contributed by atoms with van der Waals surface area (Å²) >= 11 is 0. The van der Waals surface area contributed by atoms with E-state index in [1.807, 2.05) is 0 Å². The average molecular weight is 317 g/mol. The quantitative estimate of drug-likeness (QED) is 0.813. The maximum absolute atomic E-state index is 11.7. The minimum absolute atomic E-state index is 0.173. The summed E-state index contributed by atoms with van der Waals surface area (Å²) in [6.07, 6.45) is 5.22. The zero-order valence-corrected chi connectivity index (χ0v) is 14.7. The molecule has 1 heterocycles. The van der Waals surface area contributed by atoms with Gasteiger partial charge in [-0.1, -0.05) is 26.7 Å². The second-order valence-electron chi connectivity index (χ2n) is 7.67. The molecule has 124 valence electrons. The lowest BCUT2D eigenvalue weighted by Crippen LogP contribution is -2.52. The number of hydrogen-bond donors (Lipinski definition) is 1. The first-order valence-corrected chi connectivity index (χ1v) is 10.3. The Morgan fingerprint density at radius 1 is 1.29 bits per heavy atom. The summed E-state index contributed by atoms with van der Waals surface area (Å²) in [6, 6.07) is 0.173. The Hall–Kier alpha value is -0.130. The number of nitrogens with zero attached hydrogens (tertiary/aromatic N) is 1. The number of nitrogens with one attached hydrogen (secondary N) is 1. The molecule has 1 aliphatic carbocycles. The molecule has 2 rings (SSSR count). The van der Waals surface area contributed by atoms with Gasteiger partial charge < -0.3 is 5.32 Å². The van der Waals surface area contributed by atoms with Crippen LogP contribution < -0.4 is 5.32 Å². The van der Waals surface area contributed by atoms with Crippen LogP contribution >= 0.6 is 0 Å². The molecular weight excluding hydrogens is 284 g/mol. The Balaban J connectivity index is 1.93. The third kappa shape index (κ3) is 4.93. The molecule has 1 saturated carbocycles. The molecule has 0 bridgehead atoms. The van der Waals surface area contributed by atoms with E-state index in [0.717, 1.165) is 26.2 Å². The Kier molecular flexibility index (Phi) is 5.71. The van der Waals surface area contributed by atoms with Gasteiger partial charge in [-0.2, -0.15) is 0 Å². The Morgan fingerprint density at radius 3 is 2.52 bits per heavy atom. The van der Waals surface area contributed by atoms with Crippen molar-refractivity contribution in [1.82, 2.24) is 10.2 Å². The minimum atomic E-state index is -2.80. The van der Waals surface area contributed by atoms with Gasteiger partial charge in [0.1, 0.15) is 0 Å². The summed E-state index contributed by atoms with van der Waals surface area (Å²) in [5.41, 5.74) is 0.365. The van der Waals surface area contributed by atoms with Crippen LogP contribution in [-0.4, -0.2) is 57.0 Å². The van der Waals surface area contributed by atoms with Crippen molar-refractivity contribution in [2.24, 2.45) is 11.3 Å². The molecule has 2 aliphatic rings. The summed E-state index contributed by atoms with van der Waals surface area (Å²) in [6.45, 7) is 10.5. The predicted molar refractivity (Wildman–Crippen MR) is 88.3 cm³/mol. The third-order valence-electron chi connectivity index (χ3n) is 5.06. The molecule has 0 aromatic rings. The van der Waals surface area contributed by atoms with Crippen molar-refractivity contribution in [3.05, 3.63) is 0 Å². The second-order valence-corrected chi connectivity index (χ2v) is 9.89. The minimum Gasteiger partial charge on any atom is -0.316 e. The molecule has 0 radical (unpaired) electrons. The van der Waals surface area contributed by atoms with E-state index in [0.29, 0.717) is 22.8 Å². The first-order chi connectivity index (χ1) is 9.82. The van der Waals surface area contributed by atoms with Crippen LogP contribution in [0.25, 0.3) is 0 Å². The largest absolute Gasteiger partial charge is 0.316 e. The molecule has 1 saturated heterocycles. The van der Waals surface area contributed by atoms with Gasteiger partial charge in [-0.05, 0) is 37.6 Å². The lowest BCUT2D eigenvalue weighted by molar-refractivity contribution is 0.123. The zero-order chi connectivity index (χ0) is 15.5. The van der Waals surface area contributed by atoms with E-state index in [1.165, 1.54) is 25.7 Å². The molecule has 1 aliphatic heterocycles. The van der Waals surface area contributed by atoms with Crippen molar-refractivity contribution >= 4 is 9.84 Å². The van der Waals surface area contributed by atoms with Crippen LogP contribution in [-0.2, 0) is 9.84 Å². The Bertz CT molecular complexity index is 428. The first-order valence-electron chi connectivity index (χ1n) is 8.47. The van der Waals surface area contributed by atoms with Crippen LogP contribution in [0.4, 0.5) is 0 Å². The van der Waals surface area contributed by atoms with Crippen molar-refractivity contribution in [1.29, 1.82) is 0 Å². The molecule has 0 aromatic carbocycles. The van der Waals surface area contributed by atoms with Crippen molar-refractivity contribution in [2.75, 3.05) is 37.7 Å². The normalized spacial score (nSPS) is 29.0. The summed E-state index contributed by atoms with van der Waals surface area (Å²) < 4.78 is 23.5.